The maximum atomic E-state index is 11.5. The van der Waals surface area contributed by atoms with Crippen LogP contribution in [-0.2, 0) is 9.62 Å². The number of carbonyl (C=O) groups excluding carboxylic acids is 2. The van der Waals surface area contributed by atoms with Crippen LogP contribution in [0.4, 0.5) is 0 Å². The molecule has 0 aromatic heterocycles. The number of benzene rings is 1. The second-order valence-electron chi connectivity index (χ2n) is 3.52. The lowest BCUT2D eigenvalue weighted by Gasteiger charge is -2.04. The summed E-state index contributed by atoms with van der Waals surface area (Å²) in [6, 6.07) is 5.51. The third kappa shape index (κ3) is 4.15. The summed E-state index contributed by atoms with van der Waals surface area (Å²) < 4.78 is 4.94. The molecule has 0 radical (unpaired) electrons. The van der Waals surface area contributed by atoms with Crippen LogP contribution in [0.15, 0.2) is 24.3 Å². The van der Waals surface area contributed by atoms with Gasteiger partial charge in [0.05, 0.1) is 17.7 Å². The van der Waals surface area contributed by atoms with E-state index in [-0.39, 0.29) is 18.8 Å². The molecule has 0 bridgehead atoms. The van der Waals surface area contributed by atoms with Crippen LogP contribution in [0.2, 0.25) is 0 Å². The van der Waals surface area contributed by atoms with Crippen LogP contribution in [0.25, 0.3) is 0 Å². The summed E-state index contributed by atoms with van der Waals surface area (Å²) >= 11 is 0. The van der Waals surface area contributed by atoms with Crippen molar-refractivity contribution in [3.05, 3.63) is 35.4 Å². The molecule has 98 valence electrons. The summed E-state index contributed by atoms with van der Waals surface area (Å²) in [6.45, 7) is 0.301. The van der Waals surface area contributed by atoms with Gasteiger partial charge in [-0.2, -0.15) is 5.26 Å². The monoisotopic (exact) mass is 254 g/mol. The first kappa shape index (κ1) is 14.1. The third-order valence-corrected chi connectivity index (χ3v) is 2.22. The van der Waals surface area contributed by atoms with E-state index in [4.69, 9.17) is 15.1 Å². The van der Waals surface area contributed by atoms with E-state index in [2.05, 4.69) is 4.89 Å². The number of carbonyl (C=O) groups is 2. The zero-order valence-corrected chi connectivity index (χ0v) is 9.67. The second kappa shape index (κ2) is 7.41. The smallest absolute Gasteiger partial charge is 0.372 e. The first-order valence-corrected chi connectivity index (χ1v) is 5.43. The van der Waals surface area contributed by atoms with E-state index in [1.54, 1.807) is 0 Å². The molecule has 6 heteroatoms. The van der Waals surface area contributed by atoms with E-state index in [0.29, 0.717) is 18.4 Å². The Kier molecular flexibility index (Phi) is 5.83. The second-order valence-corrected chi connectivity index (χ2v) is 3.52. The fraction of sp³-hybridized carbons (Fsp3) is 0.333. The number of unbranched alkanes of at least 4 members (excludes halogenated alkanes) is 1. The van der Waals surface area contributed by atoms with Crippen LogP contribution in [-0.4, -0.2) is 35.5 Å². The number of esters is 1. The summed E-state index contributed by atoms with van der Waals surface area (Å²) in [5.74, 6) is -1.39. The molecule has 0 spiro atoms. The Morgan fingerprint density at radius 1 is 1.00 bits per heavy atom. The Balaban J connectivity index is 2.51. The van der Waals surface area contributed by atoms with Gasteiger partial charge in [0.15, 0.2) is 0 Å². The lowest BCUT2D eigenvalue weighted by molar-refractivity contribution is -0.182. The molecule has 2 N–H and O–H groups in total. The Bertz CT molecular complexity index is 398. The van der Waals surface area contributed by atoms with Gasteiger partial charge in [0.1, 0.15) is 0 Å². The van der Waals surface area contributed by atoms with Crippen LogP contribution in [0.1, 0.15) is 33.6 Å². The highest BCUT2D eigenvalue weighted by Crippen LogP contribution is 2.07. The van der Waals surface area contributed by atoms with Gasteiger partial charge in [0.2, 0.25) is 0 Å². The van der Waals surface area contributed by atoms with Gasteiger partial charge in [-0.3, -0.25) is 4.89 Å². The van der Waals surface area contributed by atoms with Gasteiger partial charge in [0, 0.05) is 6.61 Å². The van der Waals surface area contributed by atoms with E-state index in [0.717, 1.165) is 0 Å². The zero-order valence-electron chi connectivity index (χ0n) is 9.67. The molecule has 1 rings (SSSR count). The topological polar surface area (TPSA) is 93.1 Å². The van der Waals surface area contributed by atoms with Crippen molar-refractivity contribution in [2.24, 2.45) is 0 Å². The number of rotatable bonds is 6. The SMILES string of the molecule is O=C(OO)c1ccc(C(=O)OCCCCO)cc1. The standard InChI is InChI=1S/C12H14O6/c13-7-1-2-8-17-11(14)9-3-5-10(6-4-9)12(15)18-16/h3-6,13,16H,1-2,7-8H2. The van der Waals surface area contributed by atoms with E-state index in [1.807, 2.05) is 0 Å². The summed E-state index contributed by atoms with van der Waals surface area (Å²) in [6.07, 6.45) is 1.17. The maximum Gasteiger partial charge on any atom is 0.372 e. The van der Waals surface area contributed by atoms with Crippen molar-refractivity contribution in [3.8, 4) is 0 Å². The zero-order chi connectivity index (χ0) is 13.4. The van der Waals surface area contributed by atoms with Gasteiger partial charge >= 0.3 is 11.9 Å². The van der Waals surface area contributed by atoms with Crippen LogP contribution in [0.5, 0.6) is 0 Å². The van der Waals surface area contributed by atoms with Gasteiger partial charge in [-0.05, 0) is 37.1 Å². The quantitative estimate of drug-likeness (QED) is 0.343. The molecule has 0 aliphatic heterocycles. The first-order chi connectivity index (χ1) is 8.69. The minimum Gasteiger partial charge on any atom is -0.462 e. The molecule has 1 aromatic carbocycles. The Hall–Kier alpha value is -1.92. The molecule has 0 aliphatic rings. The maximum absolute atomic E-state index is 11.5. The van der Waals surface area contributed by atoms with Crippen LogP contribution >= 0.6 is 0 Å². The van der Waals surface area contributed by atoms with Crippen molar-refractivity contribution in [1.82, 2.24) is 0 Å². The summed E-state index contributed by atoms with van der Waals surface area (Å²) in [5.41, 5.74) is 0.433. The van der Waals surface area contributed by atoms with Crippen LogP contribution < -0.4 is 0 Å². The number of ether oxygens (including phenoxy) is 1. The fourth-order valence-electron chi connectivity index (χ4n) is 1.26. The average molecular weight is 254 g/mol. The molecule has 0 unspecified atom stereocenters. The molecule has 0 heterocycles. The average Bonchev–Trinajstić information content (AvgIpc) is 2.42. The lowest BCUT2D eigenvalue weighted by atomic mass is 10.1. The molecule has 0 atom stereocenters. The lowest BCUT2D eigenvalue weighted by Crippen LogP contribution is -2.08. The predicted octanol–water partition coefficient (Wildman–Crippen LogP) is 1.25. The normalized spacial score (nSPS) is 9.89. The van der Waals surface area contributed by atoms with Crippen molar-refractivity contribution in [2.75, 3.05) is 13.2 Å². The van der Waals surface area contributed by atoms with Gasteiger partial charge in [-0.25, -0.2) is 9.59 Å². The minimum absolute atomic E-state index is 0.0650. The van der Waals surface area contributed by atoms with E-state index < -0.39 is 11.9 Å². The van der Waals surface area contributed by atoms with Crippen molar-refractivity contribution in [3.63, 3.8) is 0 Å². The van der Waals surface area contributed by atoms with Gasteiger partial charge in [-0.15, -0.1) is 0 Å². The molecular weight excluding hydrogens is 240 g/mol. The highest BCUT2D eigenvalue weighted by atomic mass is 17.1. The summed E-state index contributed by atoms with van der Waals surface area (Å²) in [4.78, 5) is 26.0. The van der Waals surface area contributed by atoms with Crippen molar-refractivity contribution in [1.29, 1.82) is 0 Å². The molecule has 0 fully saturated rings. The molecule has 1 aromatic rings. The molecule has 0 saturated heterocycles. The summed E-state index contributed by atoms with van der Waals surface area (Å²) in [7, 11) is 0. The number of aliphatic hydroxyl groups excluding tert-OH is 1. The van der Waals surface area contributed by atoms with Crippen molar-refractivity contribution < 1.29 is 29.6 Å². The first-order valence-electron chi connectivity index (χ1n) is 5.43. The highest BCUT2D eigenvalue weighted by molar-refractivity contribution is 5.93. The minimum atomic E-state index is -0.891. The molecule has 0 saturated carbocycles. The summed E-state index contributed by atoms with van der Waals surface area (Å²) in [5, 5.41) is 16.7. The molecule has 0 amide bonds. The van der Waals surface area contributed by atoms with Gasteiger partial charge in [-0.1, -0.05) is 0 Å². The predicted molar refractivity (Wildman–Crippen MR) is 61.1 cm³/mol. The molecule has 6 nitrogen and oxygen atoms in total. The van der Waals surface area contributed by atoms with Crippen LogP contribution in [0.3, 0.4) is 0 Å². The molecule has 18 heavy (non-hydrogen) atoms. The highest BCUT2D eigenvalue weighted by Gasteiger charge is 2.10. The molecule has 0 aliphatic carbocycles. The number of hydrogen-bond donors (Lipinski definition) is 2. The van der Waals surface area contributed by atoms with E-state index in [1.165, 1.54) is 24.3 Å². The van der Waals surface area contributed by atoms with E-state index >= 15 is 0 Å². The van der Waals surface area contributed by atoms with E-state index in [9.17, 15) is 9.59 Å². The van der Waals surface area contributed by atoms with Crippen LogP contribution in [0, 0.1) is 0 Å². The number of hydrogen-bond acceptors (Lipinski definition) is 6. The Morgan fingerprint density at radius 3 is 2.06 bits per heavy atom. The number of aliphatic hydroxyl groups is 1. The van der Waals surface area contributed by atoms with Gasteiger partial charge < -0.3 is 9.84 Å². The van der Waals surface area contributed by atoms with Crippen molar-refractivity contribution >= 4 is 11.9 Å². The van der Waals surface area contributed by atoms with Gasteiger partial charge in [0.25, 0.3) is 0 Å². The largest absolute Gasteiger partial charge is 0.462 e. The fourth-order valence-corrected chi connectivity index (χ4v) is 1.26. The molecular formula is C12H14O6. The Morgan fingerprint density at radius 2 is 1.56 bits per heavy atom. The Labute approximate surface area is 104 Å². The van der Waals surface area contributed by atoms with Crippen molar-refractivity contribution in [2.45, 2.75) is 12.8 Å². The third-order valence-electron chi connectivity index (χ3n) is 2.22.